The lowest BCUT2D eigenvalue weighted by Gasteiger charge is -2.30. The number of benzene rings is 4. The number of hydrogen-bond donors (Lipinski definition) is 1. The zero-order valence-corrected chi connectivity index (χ0v) is 26.3. The topological polar surface area (TPSA) is 41.6 Å². The number of carbonyl (C=O) groups excluding carboxylic acids is 1. The van der Waals surface area contributed by atoms with Crippen molar-refractivity contribution in [2.24, 2.45) is 0 Å². The number of hydrogen-bond acceptors (Lipinski definition) is 3. The van der Waals surface area contributed by atoms with E-state index in [4.69, 9.17) is 4.74 Å². The molecule has 4 heteroatoms. The standard InChI is InChI=1S/C38H38N2O2.C2H6/c1-27-15-17-31(18-16-27)37-14-8-12-33-25-32(29-21-23-39-24-22-29)19-20-36(33)40(38(41)28(2)42-37)26-34-11-6-7-13-35(34)30-9-4-3-5-10-30;1-2/h3-7,9-11,13-20,25,29,39H,2,8,12,21-24,26H2,1H3;1-2H3/b37-14-;. The fraction of sp³-hybridized carbons (Fsp3) is 0.275. The summed E-state index contributed by atoms with van der Waals surface area (Å²) in [6.07, 6.45) is 5.97. The second kappa shape index (κ2) is 14.9. The fourth-order valence-electron chi connectivity index (χ4n) is 6.09. The Bertz CT molecular complexity index is 1600. The van der Waals surface area contributed by atoms with E-state index in [9.17, 15) is 4.79 Å². The van der Waals surface area contributed by atoms with Crippen molar-refractivity contribution >= 4 is 17.4 Å². The van der Waals surface area contributed by atoms with E-state index in [-0.39, 0.29) is 11.7 Å². The smallest absolute Gasteiger partial charge is 0.293 e. The van der Waals surface area contributed by atoms with Gasteiger partial charge in [-0.15, -0.1) is 0 Å². The summed E-state index contributed by atoms with van der Waals surface area (Å²) in [5, 5.41) is 3.48. The molecule has 0 radical (unpaired) electrons. The van der Waals surface area contributed by atoms with Gasteiger partial charge in [-0.2, -0.15) is 0 Å². The molecule has 44 heavy (non-hydrogen) atoms. The van der Waals surface area contributed by atoms with Gasteiger partial charge in [0.25, 0.3) is 5.91 Å². The Morgan fingerprint density at radius 2 is 1.57 bits per heavy atom. The molecule has 1 fully saturated rings. The Hall–Kier alpha value is -4.41. The van der Waals surface area contributed by atoms with E-state index in [1.165, 1.54) is 16.7 Å². The second-order valence-corrected chi connectivity index (χ2v) is 11.3. The normalized spacial score (nSPS) is 17.0. The van der Waals surface area contributed by atoms with Crippen molar-refractivity contribution in [1.82, 2.24) is 5.32 Å². The highest BCUT2D eigenvalue weighted by Crippen LogP contribution is 2.35. The molecule has 6 rings (SSSR count). The largest absolute Gasteiger partial charge is 0.452 e. The quantitative estimate of drug-likeness (QED) is 0.238. The third-order valence-corrected chi connectivity index (χ3v) is 8.43. The van der Waals surface area contributed by atoms with Gasteiger partial charge < -0.3 is 15.0 Å². The fourth-order valence-corrected chi connectivity index (χ4v) is 6.09. The van der Waals surface area contributed by atoms with Gasteiger partial charge in [0, 0.05) is 11.3 Å². The van der Waals surface area contributed by atoms with Crippen molar-refractivity contribution in [3.8, 4) is 11.1 Å². The Morgan fingerprint density at radius 1 is 0.864 bits per heavy atom. The van der Waals surface area contributed by atoms with Crippen LogP contribution >= 0.6 is 0 Å². The predicted octanol–water partition coefficient (Wildman–Crippen LogP) is 9.21. The molecule has 0 bridgehead atoms. The molecule has 1 saturated heterocycles. The van der Waals surface area contributed by atoms with Crippen LogP contribution in [-0.2, 0) is 22.5 Å². The third kappa shape index (κ3) is 7.20. The summed E-state index contributed by atoms with van der Waals surface area (Å²) in [7, 11) is 0. The first-order valence-electron chi connectivity index (χ1n) is 16.0. The maximum atomic E-state index is 14.3. The third-order valence-electron chi connectivity index (χ3n) is 8.43. The van der Waals surface area contributed by atoms with E-state index < -0.39 is 0 Å². The van der Waals surface area contributed by atoms with Crippen molar-refractivity contribution in [2.45, 2.75) is 58.9 Å². The van der Waals surface area contributed by atoms with Gasteiger partial charge in [-0.05, 0) is 91.6 Å². The van der Waals surface area contributed by atoms with Crippen molar-refractivity contribution < 1.29 is 9.53 Å². The number of nitrogens with one attached hydrogen (secondary N) is 1. The molecule has 0 aromatic heterocycles. The second-order valence-electron chi connectivity index (χ2n) is 11.3. The van der Waals surface area contributed by atoms with E-state index in [1.54, 1.807) is 0 Å². The molecular formula is C40H44N2O2. The number of ether oxygens (including phenoxy) is 1. The summed E-state index contributed by atoms with van der Waals surface area (Å²) in [5.74, 6) is 1.10. The summed E-state index contributed by atoms with van der Waals surface area (Å²) in [6, 6.07) is 33.6. The molecule has 4 aromatic rings. The molecule has 4 nitrogen and oxygen atoms in total. The monoisotopic (exact) mass is 584 g/mol. The maximum Gasteiger partial charge on any atom is 0.293 e. The van der Waals surface area contributed by atoms with Crippen LogP contribution in [0.5, 0.6) is 0 Å². The number of carbonyl (C=O) groups is 1. The van der Waals surface area contributed by atoms with Crippen molar-refractivity contribution in [3.05, 3.63) is 143 Å². The Morgan fingerprint density at radius 3 is 2.32 bits per heavy atom. The van der Waals surface area contributed by atoms with Gasteiger partial charge >= 0.3 is 0 Å². The first kappa shape index (κ1) is 31.0. The van der Waals surface area contributed by atoms with Crippen LogP contribution in [0.4, 0.5) is 5.69 Å². The van der Waals surface area contributed by atoms with Crippen LogP contribution in [0.1, 0.15) is 66.8 Å². The number of nitrogens with zero attached hydrogens (tertiary/aromatic N) is 1. The summed E-state index contributed by atoms with van der Waals surface area (Å²) in [5.41, 5.74) is 8.91. The minimum atomic E-state index is -0.228. The van der Waals surface area contributed by atoms with Gasteiger partial charge in [0.15, 0.2) is 5.76 Å². The Kier molecular flexibility index (Phi) is 10.5. The summed E-state index contributed by atoms with van der Waals surface area (Å²) >= 11 is 0. The summed E-state index contributed by atoms with van der Waals surface area (Å²) < 4.78 is 6.25. The summed E-state index contributed by atoms with van der Waals surface area (Å²) in [4.78, 5) is 16.1. The number of fused-ring (bicyclic) bond motifs is 1. The van der Waals surface area contributed by atoms with Crippen LogP contribution in [0.25, 0.3) is 16.9 Å². The van der Waals surface area contributed by atoms with Gasteiger partial charge in [0.1, 0.15) is 5.76 Å². The first-order valence-corrected chi connectivity index (χ1v) is 16.0. The molecule has 0 atom stereocenters. The number of piperidine rings is 1. The van der Waals surface area contributed by atoms with Gasteiger partial charge in [0.05, 0.1) is 6.54 Å². The molecule has 2 aliphatic rings. The van der Waals surface area contributed by atoms with E-state index in [0.29, 0.717) is 18.2 Å². The van der Waals surface area contributed by atoms with Gasteiger partial charge in [-0.3, -0.25) is 4.79 Å². The number of aryl methyl sites for hydroxylation is 2. The minimum absolute atomic E-state index is 0.120. The number of anilines is 1. The van der Waals surface area contributed by atoms with Crippen LogP contribution < -0.4 is 10.2 Å². The molecule has 0 saturated carbocycles. The molecule has 2 aliphatic heterocycles. The van der Waals surface area contributed by atoms with Crippen molar-refractivity contribution in [3.63, 3.8) is 0 Å². The van der Waals surface area contributed by atoms with Crippen LogP contribution in [0, 0.1) is 6.92 Å². The highest BCUT2D eigenvalue weighted by atomic mass is 16.5. The van der Waals surface area contributed by atoms with Crippen LogP contribution in [-0.4, -0.2) is 19.0 Å². The number of rotatable bonds is 5. The average Bonchev–Trinajstić information content (AvgIpc) is 3.08. The molecular weight excluding hydrogens is 540 g/mol. The first-order chi connectivity index (χ1) is 21.6. The Balaban J connectivity index is 0.00000188. The Labute approximate surface area is 263 Å². The lowest BCUT2D eigenvalue weighted by Crippen LogP contribution is -2.33. The van der Waals surface area contributed by atoms with Crippen LogP contribution in [0.3, 0.4) is 0 Å². The van der Waals surface area contributed by atoms with E-state index in [0.717, 1.165) is 66.7 Å². The highest BCUT2D eigenvalue weighted by Gasteiger charge is 2.27. The van der Waals surface area contributed by atoms with E-state index in [2.05, 4.69) is 85.6 Å². The van der Waals surface area contributed by atoms with Gasteiger partial charge in [-0.25, -0.2) is 0 Å². The molecule has 2 heterocycles. The SMILES string of the molecule is C=C1O/C(c2ccc(C)cc2)=C\CCc2cc(C3CCNCC3)ccc2N(Cc2ccccc2-c2ccccc2)C1=O.CC. The lowest BCUT2D eigenvalue weighted by atomic mass is 9.88. The van der Waals surface area contributed by atoms with Crippen molar-refractivity contribution in [1.29, 1.82) is 0 Å². The molecule has 1 N–H and O–H groups in total. The zero-order chi connectivity index (χ0) is 30.9. The zero-order valence-electron chi connectivity index (χ0n) is 26.3. The van der Waals surface area contributed by atoms with Crippen LogP contribution in [0.15, 0.2) is 115 Å². The molecule has 1 amide bonds. The highest BCUT2D eigenvalue weighted by molar-refractivity contribution is 6.05. The average molecular weight is 585 g/mol. The lowest BCUT2D eigenvalue weighted by molar-refractivity contribution is -0.117. The molecule has 0 unspecified atom stereocenters. The molecule has 226 valence electrons. The van der Waals surface area contributed by atoms with E-state index in [1.807, 2.05) is 55.1 Å². The van der Waals surface area contributed by atoms with Gasteiger partial charge in [-0.1, -0.05) is 117 Å². The van der Waals surface area contributed by atoms with E-state index >= 15 is 0 Å². The molecule has 0 aliphatic carbocycles. The molecule has 0 spiro atoms. The number of allylic oxidation sites excluding steroid dienone is 1. The van der Waals surface area contributed by atoms with Gasteiger partial charge in [0.2, 0.25) is 0 Å². The molecule has 4 aromatic carbocycles. The number of amides is 1. The van der Waals surface area contributed by atoms with Crippen molar-refractivity contribution in [2.75, 3.05) is 18.0 Å². The van der Waals surface area contributed by atoms with Crippen LogP contribution in [0.2, 0.25) is 0 Å². The predicted molar refractivity (Wildman–Crippen MR) is 183 cm³/mol. The summed E-state index contributed by atoms with van der Waals surface area (Å²) in [6.45, 7) is 12.7. The maximum absolute atomic E-state index is 14.3. The minimum Gasteiger partial charge on any atom is -0.452 e.